The smallest absolute Gasteiger partial charge is 0.0644 e. The number of nitrogens with zero attached hydrogens (tertiary/aromatic N) is 2. The van der Waals surface area contributed by atoms with Crippen molar-refractivity contribution in [3.63, 3.8) is 0 Å². The van der Waals surface area contributed by atoms with Crippen molar-refractivity contribution in [1.82, 2.24) is 15.1 Å². The van der Waals surface area contributed by atoms with Crippen LogP contribution in [0.2, 0.25) is 0 Å². The minimum atomic E-state index is 0.128. The van der Waals surface area contributed by atoms with Gasteiger partial charge in [-0.1, -0.05) is 56.0 Å². The summed E-state index contributed by atoms with van der Waals surface area (Å²) in [6, 6.07) is 11.2. The SMILES string of the molecule is Cc1nn(CCO)c(C)c1CNC(CC1CCCC1)c1ccccc1. The molecule has 1 aliphatic carbocycles. The van der Waals surface area contributed by atoms with E-state index in [9.17, 15) is 5.11 Å². The van der Waals surface area contributed by atoms with Gasteiger partial charge in [-0.25, -0.2) is 0 Å². The van der Waals surface area contributed by atoms with Gasteiger partial charge in [-0.15, -0.1) is 0 Å². The lowest BCUT2D eigenvalue weighted by molar-refractivity contribution is 0.267. The highest BCUT2D eigenvalue weighted by molar-refractivity contribution is 5.25. The summed E-state index contributed by atoms with van der Waals surface area (Å²) < 4.78 is 1.92. The molecule has 136 valence electrons. The summed E-state index contributed by atoms with van der Waals surface area (Å²) >= 11 is 0. The van der Waals surface area contributed by atoms with Gasteiger partial charge in [-0.3, -0.25) is 4.68 Å². The fourth-order valence-corrected chi connectivity index (χ4v) is 4.13. The molecule has 0 amide bonds. The van der Waals surface area contributed by atoms with E-state index >= 15 is 0 Å². The summed E-state index contributed by atoms with van der Waals surface area (Å²) in [4.78, 5) is 0. The summed E-state index contributed by atoms with van der Waals surface area (Å²) in [5.41, 5.74) is 4.87. The van der Waals surface area contributed by atoms with E-state index in [0.29, 0.717) is 12.6 Å². The molecule has 4 heteroatoms. The van der Waals surface area contributed by atoms with Gasteiger partial charge < -0.3 is 10.4 Å². The van der Waals surface area contributed by atoms with Crippen LogP contribution in [0.3, 0.4) is 0 Å². The molecule has 1 aromatic carbocycles. The highest BCUT2D eigenvalue weighted by atomic mass is 16.3. The Morgan fingerprint density at radius 3 is 2.60 bits per heavy atom. The van der Waals surface area contributed by atoms with Crippen molar-refractivity contribution in [3.8, 4) is 0 Å². The largest absolute Gasteiger partial charge is 0.394 e. The Bertz CT molecular complexity index is 659. The minimum Gasteiger partial charge on any atom is -0.394 e. The molecule has 0 bridgehead atoms. The van der Waals surface area contributed by atoms with Crippen LogP contribution in [0.25, 0.3) is 0 Å². The first-order valence-corrected chi connectivity index (χ1v) is 9.61. The van der Waals surface area contributed by atoms with E-state index < -0.39 is 0 Å². The highest BCUT2D eigenvalue weighted by Gasteiger charge is 2.22. The van der Waals surface area contributed by atoms with Gasteiger partial charge in [0.05, 0.1) is 18.8 Å². The van der Waals surface area contributed by atoms with Crippen LogP contribution in [-0.4, -0.2) is 21.5 Å². The lowest BCUT2D eigenvalue weighted by atomic mass is 9.93. The first kappa shape index (κ1) is 18.2. The van der Waals surface area contributed by atoms with Crippen LogP contribution in [-0.2, 0) is 13.1 Å². The summed E-state index contributed by atoms with van der Waals surface area (Å²) in [6.45, 7) is 5.68. The second-order valence-electron chi connectivity index (χ2n) is 7.33. The monoisotopic (exact) mass is 341 g/mol. The number of nitrogens with one attached hydrogen (secondary N) is 1. The van der Waals surface area contributed by atoms with Crippen molar-refractivity contribution in [2.75, 3.05) is 6.61 Å². The van der Waals surface area contributed by atoms with Gasteiger partial charge in [0.1, 0.15) is 0 Å². The fraction of sp³-hybridized carbons (Fsp3) is 0.571. The van der Waals surface area contributed by atoms with Crippen LogP contribution < -0.4 is 5.32 Å². The Kier molecular flexibility index (Phi) is 6.27. The van der Waals surface area contributed by atoms with Gasteiger partial charge in [-0.2, -0.15) is 5.10 Å². The molecule has 0 spiro atoms. The Morgan fingerprint density at radius 2 is 1.92 bits per heavy atom. The van der Waals surface area contributed by atoms with Crippen LogP contribution >= 0.6 is 0 Å². The van der Waals surface area contributed by atoms with Crippen molar-refractivity contribution in [2.45, 2.75) is 65.1 Å². The van der Waals surface area contributed by atoms with Gasteiger partial charge in [0.2, 0.25) is 0 Å². The molecule has 4 nitrogen and oxygen atoms in total. The molecule has 1 aliphatic rings. The number of hydrogen-bond acceptors (Lipinski definition) is 3. The molecule has 0 saturated heterocycles. The molecule has 1 unspecified atom stereocenters. The molecule has 0 radical (unpaired) electrons. The predicted molar refractivity (Wildman–Crippen MR) is 101 cm³/mol. The number of aromatic nitrogens is 2. The molecular weight excluding hydrogens is 310 g/mol. The number of aliphatic hydroxyl groups excluding tert-OH is 1. The molecule has 2 aromatic rings. The summed E-state index contributed by atoms with van der Waals surface area (Å²) in [6.07, 6.45) is 6.73. The Hall–Kier alpha value is -1.65. The van der Waals surface area contributed by atoms with Crippen molar-refractivity contribution >= 4 is 0 Å². The van der Waals surface area contributed by atoms with Crippen LogP contribution in [0.5, 0.6) is 0 Å². The van der Waals surface area contributed by atoms with Crippen molar-refractivity contribution in [1.29, 1.82) is 0 Å². The Labute approximate surface area is 151 Å². The zero-order valence-corrected chi connectivity index (χ0v) is 15.5. The number of rotatable bonds is 8. The van der Waals surface area contributed by atoms with Crippen molar-refractivity contribution < 1.29 is 5.11 Å². The van der Waals surface area contributed by atoms with E-state index in [4.69, 9.17) is 0 Å². The molecule has 1 fully saturated rings. The molecule has 1 saturated carbocycles. The van der Waals surface area contributed by atoms with Crippen LogP contribution in [0.1, 0.15) is 60.7 Å². The maximum atomic E-state index is 9.19. The summed E-state index contributed by atoms with van der Waals surface area (Å²) in [7, 11) is 0. The van der Waals surface area contributed by atoms with Crippen LogP contribution in [0, 0.1) is 19.8 Å². The molecule has 1 atom stereocenters. The van der Waals surface area contributed by atoms with Gasteiger partial charge >= 0.3 is 0 Å². The van der Waals surface area contributed by atoms with Crippen molar-refractivity contribution in [2.24, 2.45) is 5.92 Å². The average molecular weight is 341 g/mol. The van der Waals surface area contributed by atoms with Crippen LogP contribution in [0.15, 0.2) is 30.3 Å². The Balaban J connectivity index is 1.72. The van der Waals surface area contributed by atoms with Crippen LogP contribution in [0.4, 0.5) is 0 Å². The third-order valence-electron chi connectivity index (χ3n) is 5.61. The second-order valence-corrected chi connectivity index (χ2v) is 7.33. The molecule has 25 heavy (non-hydrogen) atoms. The van der Waals surface area contributed by atoms with E-state index in [0.717, 1.165) is 23.9 Å². The molecule has 2 N–H and O–H groups in total. The van der Waals surface area contributed by atoms with E-state index in [1.54, 1.807) is 0 Å². The third-order valence-corrected chi connectivity index (χ3v) is 5.61. The quantitative estimate of drug-likeness (QED) is 0.765. The molecular formula is C21H31N3O. The molecule has 1 heterocycles. The first-order chi connectivity index (χ1) is 12.2. The molecule has 3 rings (SSSR count). The number of benzene rings is 1. The third kappa shape index (κ3) is 4.50. The number of hydrogen-bond donors (Lipinski definition) is 2. The van der Waals surface area contributed by atoms with Gasteiger partial charge in [0.25, 0.3) is 0 Å². The standard InChI is InChI=1S/C21H31N3O/c1-16-20(17(2)24(23-16)12-13-25)15-22-21(14-18-8-6-7-9-18)19-10-4-3-5-11-19/h3-5,10-11,18,21-22,25H,6-9,12-15H2,1-2H3. The van der Waals surface area contributed by atoms with E-state index in [-0.39, 0.29) is 6.61 Å². The second kappa shape index (κ2) is 8.63. The average Bonchev–Trinajstić information content (AvgIpc) is 3.22. The molecule has 0 aliphatic heterocycles. The summed E-state index contributed by atoms with van der Waals surface area (Å²) in [5.74, 6) is 0.844. The topological polar surface area (TPSA) is 50.1 Å². The lowest BCUT2D eigenvalue weighted by Crippen LogP contribution is -2.23. The lowest BCUT2D eigenvalue weighted by Gasteiger charge is -2.23. The maximum absolute atomic E-state index is 9.19. The molecule has 1 aromatic heterocycles. The van der Waals surface area contributed by atoms with Gasteiger partial charge in [0, 0.05) is 23.8 Å². The normalized spacial score (nSPS) is 16.4. The van der Waals surface area contributed by atoms with Gasteiger partial charge in [-0.05, 0) is 31.7 Å². The number of aryl methyl sites for hydroxylation is 1. The van der Waals surface area contributed by atoms with Crippen molar-refractivity contribution in [3.05, 3.63) is 52.8 Å². The van der Waals surface area contributed by atoms with E-state index in [2.05, 4.69) is 54.6 Å². The van der Waals surface area contributed by atoms with E-state index in [1.165, 1.54) is 43.2 Å². The summed E-state index contributed by atoms with van der Waals surface area (Å²) in [5, 5.41) is 17.6. The fourth-order valence-electron chi connectivity index (χ4n) is 4.13. The number of aliphatic hydroxyl groups is 1. The minimum absolute atomic E-state index is 0.128. The zero-order chi connectivity index (χ0) is 17.6. The maximum Gasteiger partial charge on any atom is 0.0644 e. The van der Waals surface area contributed by atoms with Gasteiger partial charge in [0.15, 0.2) is 0 Å². The van der Waals surface area contributed by atoms with E-state index in [1.807, 2.05) is 4.68 Å². The first-order valence-electron chi connectivity index (χ1n) is 9.61. The zero-order valence-electron chi connectivity index (χ0n) is 15.5. The predicted octanol–water partition coefficient (Wildman–Crippen LogP) is 3.90. The highest BCUT2D eigenvalue weighted by Crippen LogP contribution is 2.33. The Morgan fingerprint density at radius 1 is 1.20 bits per heavy atom.